The SMILES string of the molecule is CC(C)=C1[C@H]2C=C[C@@H]1[C@H]1C(O)[C@@]2(C(C)C)CC[C@H]1C. The van der Waals surface area contributed by atoms with Crippen molar-refractivity contribution in [2.24, 2.45) is 35.0 Å². The maximum Gasteiger partial charge on any atom is 0.0647 e. The van der Waals surface area contributed by atoms with Gasteiger partial charge in [-0.3, -0.25) is 0 Å². The molecule has 3 aliphatic carbocycles. The standard InChI is InChI=1S/C18H28O/c1-10(2)15-13-6-7-14(15)18(11(3)4)9-8-12(5)16(13)17(18)19/h6-7,11-14,16-17,19H,8-9H2,1-5H3/t12-,13+,14-,16+,17?,18-/m1/s1. The number of aliphatic hydroxyl groups excluding tert-OH is 1. The van der Waals surface area contributed by atoms with Crippen LogP contribution < -0.4 is 0 Å². The Balaban J connectivity index is 2.19. The van der Waals surface area contributed by atoms with E-state index in [4.69, 9.17) is 0 Å². The normalized spacial score (nSPS) is 47.9. The van der Waals surface area contributed by atoms with Gasteiger partial charge in [-0.15, -0.1) is 0 Å². The number of allylic oxidation sites excluding steroid dienone is 4. The molecule has 0 aromatic rings. The van der Waals surface area contributed by atoms with Crippen LogP contribution in [-0.2, 0) is 0 Å². The lowest BCUT2D eigenvalue weighted by Gasteiger charge is -2.59. The highest BCUT2D eigenvalue weighted by Crippen LogP contribution is 2.64. The second-order valence-corrected chi connectivity index (χ2v) is 7.65. The largest absolute Gasteiger partial charge is 0.392 e. The lowest BCUT2D eigenvalue weighted by atomic mass is 9.47. The molecule has 1 heteroatoms. The molecule has 2 fully saturated rings. The molecule has 0 aliphatic heterocycles. The van der Waals surface area contributed by atoms with Crippen molar-refractivity contribution in [1.82, 2.24) is 0 Å². The summed E-state index contributed by atoms with van der Waals surface area (Å²) in [6.45, 7) is 11.5. The molecule has 3 aliphatic rings. The van der Waals surface area contributed by atoms with Crippen LogP contribution in [0, 0.1) is 35.0 Å². The van der Waals surface area contributed by atoms with Gasteiger partial charge in [0, 0.05) is 17.3 Å². The highest BCUT2D eigenvalue weighted by Gasteiger charge is 2.61. The summed E-state index contributed by atoms with van der Waals surface area (Å²) in [5, 5.41) is 11.1. The lowest BCUT2D eigenvalue weighted by Crippen LogP contribution is -2.58. The maximum atomic E-state index is 11.1. The molecule has 0 aromatic heterocycles. The zero-order valence-electron chi connectivity index (χ0n) is 13.0. The van der Waals surface area contributed by atoms with Gasteiger partial charge in [0.2, 0.25) is 0 Å². The fourth-order valence-corrected chi connectivity index (χ4v) is 5.46. The zero-order chi connectivity index (χ0) is 13.9. The molecule has 0 spiro atoms. The van der Waals surface area contributed by atoms with Gasteiger partial charge in [-0.1, -0.05) is 44.1 Å². The lowest BCUT2D eigenvalue weighted by molar-refractivity contribution is -0.139. The van der Waals surface area contributed by atoms with Gasteiger partial charge in [0.1, 0.15) is 0 Å². The average Bonchev–Trinajstić information content (AvgIpc) is 2.70. The Morgan fingerprint density at radius 3 is 2.58 bits per heavy atom. The molecule has 6 atom stereocenters. The molecule has 3 rings (SSSR count). The minimum Gasteiger partial charge on any atom is -0.392 e. The summed E-state index contributed by atoms with van der Waals surface area (Å²) < 4.78 is 0. The summed E-state index contributed by atoms with van der Waals surface area (Å²) in [5.41, 5.74) is 3.21. The first kappa shape index (κ1) is 13.4. The first-order valence-corrected chi connectivity index (χ1v) is 7.95. The number of fused-ring (bicyclic) bond motifs is 6. The molecule has 1 nitrogen and oxygen atoms in total. The van der Waals surface area contributed by atoms with Crippen LogP contribution in [0.5, 0.6) is 0 Å². The molecule has 0 amide bonds. The van der Waals surface area contributed by atoms with Crippen molar-refractivity contribution in [2.45, 2.75) is 53.6 Å². The van der Waals surface area contributed by atoms with E-state index in [1.54, 1.807) is 5.57 Å². The van der Waals surface area contributed by atoms with Gasteiger partial charge in [-0.05, 0) is 44.4 Å². The zero-order valence-corrected chi connectivity index (χ0v) is 13.0. The van der Waals surface area contributed by atoms with E-state index in [0.29, 0.717) is 29.6 Å². The van der Waals surface area contributed by atoms with Crippen LogP contribution in [0.25, 0.3) is 0 Å². The van der Waals surface area contributed by atoms with Crippen molar-refractivity contribution in [2.75, 3.05) is 0 Å². The van der Waals surface area contributed by atoms with Crippen molar-refractivity contribution >= 4 is 0 Å². The van der Waals surface area contributed by atoms with Crippen LogP contribution in [0.1, 0.15) is 47.5 Å². The summed E-state index contributed by atoms with van der Waals surface area (Å²) in [6.07, 6.45) is 7.18. The fourth-order valence-electron chi connectivity index (χ4n) is 5.46. The van der Waals surface area contributed by atoms with Gasteiger partial charge in [-0.2, -0.15) is 0 Å². The highest BCUT2D eigenvalue weighted by atomic mass is 16.3. The van der Waals surface area contributed by atoms with Gasteiger partial charge in [0.25, 0.3) is 0 Å². The van der Waals surface area contributed by atoms with Crippen LogP contribution in [0.4, 0.5) is 0 Å². The Bertz CT molecular complexity index is 441. The Hall–Kier alpha value is -0.560. The third-order valence-electron chi connectivity index (χ3n) is 6.46. The van der Waals surface area contributed by atoms with Crippen molar-refractivity contribution in [1.29, 1.82) is 0 Å². The molecule has 1 N–H and O–H groups in total. The third kappa shape index (κ3) is 1.51. The van der Waals surface area contributed by atoms with Crippen molar-refractivity contribution in [3.63, 3.8) is 0 Å². The number of rotatable bonds is 1. The quantitative estimate of drug-likeness (QED) is 0.701. The van der Waals surface area contributed by atoms with E-state index in [0.717, 1.165) is 0 Å². The van der Waals surface area contributed by atoms with E-state index in [-0.39, 0.29) is 11.5 Å². The summed E-state index contributed by atoms with van der Waals surface area (Å²) in [6, 6.07) is 0. The maximum absolute atomic E-state index is 11.1. The predicted molar refractivity (Wildman–Crippen MR) is 79.7 cm³/mol. The minimum atomic E-state index is -0.121. The van der Waals surface area contributed by atoms with Gasteiger partial charge >= 0.3 is 0 Å². The molecular formula is C18H28O. The molecule has 0 saturated heterocycles. The molecule has 19 heavy (non-hydrogen) atoms. The van der Waals surface area contributed by atoms with Crippen LogP contribution in [0.15, 0.2) is 23.3 Å². The number of hydrogen-bond donors (Lipinski definition) is 1. The highest BCUT2D eigenvalue weighted by molar-refractivity contribution is 5.40. The van der Waals surface area contributed by atoms with Crippen molar-refractivity contribution in [3.8, 4) is 0 Å². The Morgan fingerprint density at radius 2 is 2.00 bits per heavy atom. The Kier molecular flexibility index (Phi) is 2.98. The molecule has 0 radical (unpaired) electrons. The second kappa shape index (κ2) is 4.22. The van der Waals surface area contributed by atoms with Crippen LogP contribution in [0.2, 0.25) is 0 Å². The first-order valence-electron chi connectivity index (χ1n) is 7.95. The predicted octanol–water partition coefficient (Wildman–Crippen LogP) is 4.19. The minimum absolute atomic E-state index is 0.0906. The van der Waals surface area contributed by atoms with E-state index < -0.39 is 0 Å². The molecule has 0 aromatic carbocycles. The van der Waals surface area contributed by atoms with E-state index in [9.17, 15) is 5.11 Å². The van der Waals surface area contributed by atoms with Crippen LogP contribution in [-0.4, -0.2) is 11.2 Å². The average molecular weight is 260 g/mol. The van der Waals surface area contributed by atoms with E-state index in [2.05, 4.69) is 46.8 Å². The molecule has 1 unspecified atom stereocenters. The molecule has 2 saturated carbocycles. The summed E-state index contributed by atoms with van der Waals surface area (Å²) in [5.74, 6) is 2.62. The monoisotopic (exact) mass is 260 g/mol. The third-order valence-corrected chi connectivity index (χ3v) is 6.46. The second-order valence-electron chi connectivity index (χ2n) is 7.65. The Labute approximate surface area is 117 Å². The summed E-state index contributed by atoms with van der Waals surface area (Å²) in [4.78, 5) is 0. The Morgan fingerprint density at radius 1 is 1.32 bits per heavy atom. The van der Waals surface area contributed by atoms with Crippen LogP contribution in [0.3, 0.4) is 0 Å². The van der Waals surface area contributed by atoms with Crippen molar-refractivity contribution < 1.29 is 5.11 Å². The molecular weight excluding hydrogens is 232 g/mol. The fraction of sp³-hybridized carbons (Fsp3) is 0.778. The van der Waals surface area contributed by atoms with Gasteiger partial charge < -0.3 is 5.11 Å². The smallest absolute Gasteiger partial charge is 0.0647 e. The van der Waals surface area contributed by atoms with E-state index in [1.807, 2.05) is 0 Å². The van der Waals surface area contributed by atoms with E-state index in [1.165, 1.54) is 18.4 Å². The molecule has 106 valence electrons. The molecule has 0 heterocycles. The summed E-state index contributed by atoms with van der Waals surface area (Å²) >= 11 is 0. The summed E-state index contributed by atoms with van der Waals surface area (Å²) in [7, 11) is 0. The molecule has 4 bridgehead atoms. The van der Waals surface area contributed by atoms with E-state index >= 15 is 0 Å². The van der Waals surface area contributed by atoms with Crippen LogP contribution >= 0.6 is 0 Å². The van der Waals surface area contributed by atoms with Crippen molar-refractivity contribution in [3.05, 3.63) is 23.3 Å². The first-order chi connectivity index (χ1) is 8.91. The van der Waals surface area contributed by atoms with Gasteiger partial charge in [0.15, 0.2) is 0 Å². The number of aliphatic hydroxyl groups is 1. The number of hydrogen-bond acceptors (Lipinski definition) is 1. The van der Waals surface area contributed by atoms with Gasteiger partial charge in [-0.25, -0.2) is 0 Å². The topological polar surface area (TPSA) is 20.2 Å². The van der Waals surface area contributed by atoms with Gasteiger partial charge in [0.05, 0.1) is 6.10 Å².